The largest absolute Gasteiger partial charge is 0.508 e. The number of rotatable bonds is 5. The van der Waals surface area contributed by atoms with Crippen LogP contribution < -0.4 is 0 Å². The molecule has 0 fully saturated rings. The molecule has 5 heteroatoms. The maximum absolute atomic E-state index is 10.3. The smallest absolute Gasteiger partial charge is 0.306 e. The number of aliphatic hydroxyl groups excluding tert-OH is 1. The van der Waals surface area contributed by atoms with Gasteiger partial charge >= 0.3 is 5.97 Å². The average molecular weight is 228 g/mol. The van der Waals surface area contributed by atoms with Crippen LogP contribution in [0.3, 0.4) is 0 Å². The number of carbonyl (C=O) groups is 1. The van der Waals surface area contributed by atoms with E-state index < -0.39 is 12.1 Å². The second-order valence-corrected chi connectivity index (χ2v) is 4.15. The zero-order valence-electron chi connectivity index (χ0n) is 7.96. The van der Waals surface area contributed by atoms with Crippen LogP contribution in [-0.4, -0.2) is 33.1 Å². The molecule has 0 aliphatic heterocycles. The van der Waals surface area contributed by atoms with Gasteiger partial charge in [0.1, 0.15) is 5.75 Å². The number of hydrogen-bond acceptors (Lipinski definition) is 4. The predicted molar refractivity (Wildman–Crippen MR) is 57.1 cm³/mol. The van der Waals surface area contributed by atoms with Crippen LogP contribution in [0.2, 0.25) is 0 Å². The summed E-state index contributed by atoms with van der Waals surface area (Å²) in [6.07, 6.45) is -1.09. The van der Waals surface area contributed by atoms with Gasteiger partial charge in [0, 0.05) is 10.6 Å². The van der Waals surface area contributed by atoms with Crippen LogP contribution in [0.25, 0.3) is 0 Å². The standard InChI is InChI=1S/C10H12O4S/c11-7-1-3-9(4-2-7)15-6-8(12)5-10(13)14/h1-4,8,11-12H,5-6H2,(H,13,14). The molecule has 1 aromatic carbocycles. The highest BCUT2D eigenvalue weighted by atomic mass is 32.2. The molecule has 1 aromatic rings. The van der Waals surface area contributed by atoms with Crippen molar-refractivity contribution in [1.29, 1.82) is 0 Å². The van der Waals surface area contributed by atoms with Crippen molar-refractivity contribution < 1.29 is 20.1 Å². The molecular formula is C10H12O4S. The van der Waals surface area contributed by atoms with Crippen molar-refractivity contribution >= 4 is 17.7 Å². The Kier molecular flexibility index (Phi) is 4.45. The van der Waals surface area contributed by atoms with Gasteiger partial charge in [-0.05, 0) is 24.3 Å². The van der Waals surface area contributed by atoms with Crippen LogP contribution >= 0.6 is 11.8 Å². The Labute approximate surface area is 91.6 Å². The topological polar surface area (TPSA) is 77.8 Å². The Morgan fingerprint density at radius 1 is 1.33 bits per heavy atom. The summed E-state index contributed by atoms with van der Waals surface area (Å²) in [6, 6.07) is 6.53. The lowest BCUT2D eigenvalue weighted by Crippen LogP contribution is -2.15. The maximum Gasteiger partial charge on any atom is 0.306 e. The molecule has 15 heavy (non-hydrogen) atoms. The van der Waals surface area contributed by atoms with Crippen LogP contribution in [0, 0.1) is 0 Å². The summed E-state index contributed by atoms with van der Waals surface area (Å²) in [5, 5.41) is 26.7. The highest BCUT2D eigenvalue weighted by Gasteiger charge is 2.09. The van der Waals surface area contributed by atoms with Crippen LogP contribution in [0.15, 0.2) is 29.2 Å². The van der Waals surface area contributed by atoms with Crippen molar-refractivity contribution in [3.63, 3.8) is 0 Å². The summed E-state index contributed by atoms with van der Waals surface area (Å²) in [5.41, 5.74) is 0. The second-order valence-electron chi connectivity index (χ2n) is 3.06. The van der Waals surface area contributed by atoms with Gasteiger partial charge in [0.25, 0.3) is 0 Å². The number of carboxylic acid groups (broad SMARTS) is 1. The van der Waals surface area contributed by atoms with Crippen molar-refractivity contribution in [2.24, 2.45) is 0 Å². The zero-order chi connectivity index (χ0) is 11.3. The Hall–Kier alpha value is -1.20. The van der Waals surface area contributed by atoms with Gasteiger partial charge < -0.3 is 15.3 Å². The number of aliphatic hydroxyl groups is 1. The number of phenols is 1. The molecule has 82 valence electrons. The first-order valence-electron chi connectivity index (χ1n) is 4.39. The summed E-state index contributed by atoms with van der Waals surface area (Å²) in [5.74, 6) is -0.490. The molecule has 1 unspecified atom stereocenters. The third-order valence-electron chi connectivity index (χ3n) is 1.69. The van der Waals surface area contributed by atoms with Crippen molar-refractivity contribution in [1.82, 2.24) is 0 Å². The average Bonchev–Trinajstić information content (AvgIpc) is 2.16. The van der Waals surface area contributed by atoms with Crippen molar-refractivity contribution in [3.8, 4) is 5.75 Å². The van der Waals surface area contributed by atoms with E-state index in [1.807, 2.05) is 0 Å². The molecule has 0 aliphatic rings. The van der Waals surface area contributed by atoms with Crippen LogP contribution in [0.4, 0.5) is 0 Å². The van der Waals surface area contributed by atoms with E-state index >= 15 is 0 Å². The monoisotopic (exact) mass is 228 g/mol. The fourth-order valence-corrected chi connectivity index (χ4v) is 1.83. The molecule has 0 aliphatic carbocycles. The molecule has 0 spiro atoms. The first-order valence-corrected chi connectivity index (χ1v) is 5.38. The number of carboxylic acids is 1. The molecule has 0 bridgehead atoms. The molecule has 0 amide bonds. The fourth-order valence-electron chi connectivity index (χ4n) is 0.995. The highest BCUT2D eigenvalue weighted by molar-refractivity contribution is 7.99. The van der Waals surface area contributed by atoms with E-state index in [0.29, 0.717) is 5.75 Å². The number of benzene rings is 1. The minimum absolute atomic E-state index is 0.186. The summed E-state index contributed by atoms with van der Waals surface area (Å²) >= 11 is 1.35. The summed E-state index contributed by atoms with van der Waals surface area (Å²) in [6.45, 7) is 0. The fraction of sp³-hybridized carbons (Fsp3) is 0.300. The molecule has 4 nitrogen and oxygen atoms in total. The van der Waals surface area contributed by atoms with Crippen LogP contribution in [0.1, 0.15) is 6.42 Å². The predicted octanol–water partition coefficient (Wildman–Crippen LogP) is 1.32. The third kappa shape index (κ3) is 4.71. The quantitative estimate of drug-likeness (QED) is 0.662. The number of hydrogen-bond donors (Lipinski definition) is 3. The van der Waals surface area contributed by atoms with Gasteiger partial charge in [-0.15, -0.1) is 11.8 Å². The lowest BCUT2D eigenvalue weighted by molar-refractivity contribution is -0.138. The van der Waals surface area contributed by atoms with Gasteiger partial charge in [-0.1, -0.05) is 0 Å². The molecule has 0 aromatic heterocycles. The molecule has 3 N–H and O–H groups in total. The Bertz CT molecular complexity index is 323. The van der Waals surface area contributed by atoms with Gasteiger partial charge in [0.2, 0.25) is 0 Å². The second kappa shape index (κ2) is 5.63. The molecule has 0 saturated carbocycles. The number of aromatic hydroxyl groups is 1. The third-order valence-corrected chi connectivity index (χ3v) is 2.85. The zero-order valence-corrected chi connectivity index (χ0v) is 8.78. The maximum atomic E-state index is 10.3. The van der Waals surface area contributed by atoms with E-state index in [2.05, 4.69) is 0 Å². The van der Waals surface area contributed by atoms with Gasteiger partial charge in [0.05, 0.1) is 12.5 Å². The van der Waals surface area contributed by atoms with Crippen molar-refractivity contribution in [2.45, 2.75) is 17.4 Å². The highest BCUT2D eigenvalue weighted by Crippen LogP contribution is 2.21. The summed E-state index contributed by atoms with van der Waals surface area (Å²) < 4.78 is 0. The van der Waals surface area contributed by atoms with Gasteiger partial charge in [-0.2, -0.15) is 0 Å². The molecule has 0 saturated heterocycles. The van der Waals surface area contributed by atoms with E-state index in [1.165, 1.54) is 11.8 Å². The minimum atomic E-state index is -1.01. The number of phenolic OH excluding ortho intramolecular Hbond substituents is 1. The Morgan fingerprint density at radius 2 is 1.93 bits per heavy atom. The number of aliphatic carboxylic acids is 1. The molecule has 1 rings (SSSR count). The van der Waals surface area contributed by atoms with Gasteiger partial charge in [0.15, 0.2) is 0 Å². The SMILES string of the molecule is O=C(O)CC(O)CSc1ccc(O)cc1. The van der Waals surface area contributed by atoms with Crippen molar-refractivity contribution in [2.75, 3.05) is 5.75 Å². The molecule has 0 radical (unpaired) electrons. The van der Waals surface area contributed by atoms with E-state index in [4.69, 9.17) is 10.2 Å². The van der Waals surface area contributed by atoms with E-state index in [0.717, 1.165) is 4.90 Å². The molecule has 1 atom stereocenters. The summed E-state index contributed by atoms with van der Waals surface area (Å²) in [4.78, 5) is 11.1. The van der Waals surface area contributed by atoms with E-state index in [9.17, 15) is 9.90 Å². The van der Waals surface area contributed by atoms with E-state index in [-0.39, 0.29) is 12.2 Å². The minimum Gasteiger partial charge on any atom is -0.508 e. The van der Waals surface area contributed by atoms with Gasteiger partial charge in [-0.25, -0.2) is 0 Å². The Balaban J connectivity index is 2.36. The Morgan fingerprint density at radius 3 is 2.47 bits per heavy atom. The lowest BCUT2D eigenvalue weighted by Gasteiger charge is -2.07. The van der Waals surface area contributed by atoms with Crippen molar-refractivity contribution in [3.05, 3.63) is 24.3 Å². The van der Waals surface area contributed by atoms with Gasteiger partial charge in [-0.3, -0.25) is 4.79 Å². The van der Waals surface area contributed by atoms with Crippen LogP contribution in [0.5, 0.6) is 5.75 Å². The molecular weight excluding hydrogens is 216 g/mol. The number of thioether (sulfide) groups is 1. The first kappa shape index (κ1) is 11.9. The summed E-state index contributed by atoms with van der Waals surface area (Å²) in [7, 11) is 0. The first-order chi connectivity index (χ1) is 7.08. The lowest BCUT2D eigenvalue weighted by atomic mass is 10.3. The molecule has 0 heterocycles. The van der Waals surface area contributed by atoms with Crippen LogP contribution in [-0.2, 0) is 4.79 Å². The van der Waals surface area contributed by atoms with E-state index in [1.54, 1.807) is 24.3 Å². The normalized spacial score (nSPS) is 12.3.